The fraction of sp³-hybridized carbons (Fsp3) is 0.184. The summed E-state index contributed by atoms with van der Waals surface area (Å²) in [6.07, 6.45) is 0. The van der Waals surface area contributed by atoms with E-state index in [0.717, 1.165) is 51.7 Å². The Morgan fingerprint density at radius 1 is 0.651 bits per heavy atom. The number of anilines is 1. The number of hydrogen-bond donors (Lipinski definition) is 1. The zero-order chi connectivity index (χ0) is 29.6. The standard InChI is InChI=1S/C38H33N3O2/c1-5-40-32-13-9-7-11-26(32)28-19-24(15-17-34(28)40)38(36-23(4)22(3)31(39)21-30(36)37(42)43-38)25-16-18-35-29(20-25)27-12-8-10-14-33(27)41(35)6-2/h7-21H,5-6,39H2,1-4H3. The molecule has 0 amide bonds. The van der Waals surface area contributed by atoms with Crippen LogP contribution in [0.3, 0.4) is 0 Å². The van der Waals surface area contributed by atoms with Gasteiger partial charge in [-0.3, -0.25) is 0 Å². The number of nitrogens with zero attached hydrogens (tertiary/aromatic N) is 2. The van der Waals surface area contributed by atoms with Gasteiger partial charge in [0, 0.05) is 79.1 Å². The first-order chi connectivity index (χ1) is 20.9. The van der Waals surface area contributed by atoms with Crippen LogP contribution in [0.15, 0.2) is 91.0 Å². The zero-order valence-electron chi connectivity index (χ0n) is 24.9. The molecule has 0 atom stereocenters. The number of aromatic nitrogens is 2. The molecule has 5 heteroatoms. The number of esters is 1. The topological polar surface area (TPSA) is 62.2 Å². The van der Waals surface area contributed by atoms with E-state index in [0.29, 0.717) is 11.3 Å². The van der Waals surface area contributed by atoms with Gasteiger partial charge >= 0.3 is 5.97 Å². The lowest BCUT2D eigenvalue weighted by molar-refractivity contribution is 0.0251. The summed E-state index contributed by atoms with van der Waals surface area (Å²) in [6, 6.07) is 32.0. The summed E-state index contributed by atoms with van der Waals surface area (Å²) >= 11 is 0. The summed E-state index contributed by atoms with van der Waals surface area (Å²) < 4.78 is 11.4. The molecule has 0 bridgehead atoms. The van der Waals surface area contributed by atoms with Crippen LogP contribution >= 0.6 is 0 Å². The average molecular weight is 564 g/mol. The molecule has 2 N–H and O–H groups in total. The second-order valence-corrected chi connectivity index (χ2v) is 11.7. The highest BCUT2D eigenvalue weighted by Crippen LogP contribution is 2.51. The van der Waals surface area contributed by atoms with Gasteiger partial charge in [-0.2, -0.15) is 0 Å². The zero-order valence-corrected chi connectivity index (χ0v) is 24.9. The van der Waals surface area contributed by atoms with Crippen LogP contribution in [0.5, 0.6) is 0 Å². The molecule has 7 aromatic rings. The summed E-state index contributed by atoms with van der Waals surface area (Å²) in [4.78, 5) is 13.8. The summed E-state index contributed by atoms with van der Waals surface area (Å²) in [6.45, 7) is 10.2. The fourth-order valence-corrected chi connectivity index (χ4v) is 7.60. The number of ether oxygens (including phenoxy) is 1. The van der Waals surface area contributed by atoms with Crippen molar-refractivity contribution >= 4 is 55.3 Å². The maximum absolute atomic E-state index is 13.8. The molecule has 5 aromatic carbocycles. The summed E-state index contributed by atoms with van der Waals surface area (Å²) in [7, 11) is 0. The van der Waals surface area contributed by atoms with Crippen LogP contribution in [0.4, 0.5) is 5.69 Å². The molecule has 0 radical (unpaired) electrons. The Morgan fingerprint density at radius 2 is 1.14 bits per heavy atom. The van der Waals surface area contributed by atoms with Crippen molar-refractivity contribution in [3.05, 3.63) is 124 Å². The van der Waals surface area contributed by atoms with Crippen molar-refractivity contribution in [1.82, 2.24) is 9.13 Å². The van der Waals surface area contributed by atoms with Gasteiger partial charge in [0.05, 0.1) is 5.56 Å². The lowest BCUT2D eigenvalue weighted by Crippen LogP contribution is -2.30. The number of nitrogen functional groups attached to an aromatic ring is 1. The number of carbonyl (C=O) groups excluding carboxylic acids is 1. The van der Waals surface area contributed by atoms with E-state index < -0.39 is 5.60 Å². The predicted molar refractivity (Wildman–Crippen MR) is 176 cm³/mol. The number of carbonyl (C=O) groups is 1. The Balaban J connectivity index is 1.51. The molecule has 0 fully saturated rings. The molecule has 1 aliphatic rings. The normalized spacial score (nSPS) is 14.3. The van der Waals surface area contributed by atoms with Gasteiger partial charge in [-0.15, -0.1) is 0 Å². The molecule has 2 aromatic heterocycles. The average Bonchev–Trinajstić information content (AvgIpc) is 3.64. The Kier molecular flexibility index (Phi) is 5.36. The molecule has 1 aliphatic heterocycles. The monoisotopic (exact) mass is 563 g/mol. The fourth-order valence-electron chi connectivity index (χ4n) is 7.60. The third-order valence-corrected chi connectivity index (χ3v) is 9.75. The van der Waals surface area contributed by atoms with Crippen LogP contribution < -0.4 is 5.73 Å². The Bertz CT molecular complexity index is 2180. The summed E-state index contributed by atoms with van der Waals surface area (Å²) in [5, 5.41) is 4.67. The van der Waals surface area contributed by atoms with Crippen LogP contribution in [0.2, 0.25) is 0 Å². The summed E-state index contributed by atoms with van der Waals surface area (Å²) in [5.41, 5.74) is 15.8. The molecule has 3 heterocycles. The number of hydrogen-bond acceptors (Lipinski definition) is 3. The predicted octanol–water partition coefficient (Wildman–Crippen LogP) is 8.60. The molecule has 0 saturated carbocycles. The van der Waals surface area contributed by atoms with E-state index in [4.69, 9.17) is 10.5 Å². The van der Waals surface area contributed by atoms with Gasteiger partial charge in [-0.25, -0.2) is 4.79 Å². The van der Waals surface area contributed by atoms with Crippen LogP contribution in [0.1, 0.15) is 52.0 Å². The minimum absolute atomic E-state index is 0.350. The van der Waals surface area contributed by atoms with Crippen molar-refractivity contribution in [3.63, 3.8) is 0 Å². The highest BCUT2D eigenvalue weighted by Gasteiger charge is 2.50. The smallest absolute Gasteiger partial charge is 0.340 e. The third kappa shape index (κ3) is 3.25. The van der Waals surface area contributed by atoms with Crippen molar-refractivity contribution in [1.29, 1.82) is 0 Å². The van der Waals surface area contributed by atoms with Gasteiger partial charge in [0.2, 0.25) is 0 Å². The molecule has 0 saturated heterocycles. The van der Waals surface area contributed by atoms with Crippen LogP contribution in [0.25, 0.3) is 43.6 Å². The number of benzene rings is 5. The van der Waals surface area contributed by atoms with Crippen molar-refractivity contribution in [3.8, 4) is 0 Å². The van der Waals surface area contributed by atoms with Crippen molar-refractivity contribution in [2.45, 2.75) is 46.4 Å². The highest BCUT2D eigenvalue weighted by molar-refractivity contribution is 6.10. The largest absolute Gasteiger partial charge is 0.441 e. The first-order valence-corrected chi connectivity index (χ1v) is 15.1. The Hall–Kier alpha value is -5.03. The summed E-state index contributed by atoms with van der Waals surface area (Å²) in [5.74, 6) is -0.350. The van der Waals surface area contributed by atoms with Crippen molar-refractivity contribution < 1.29 is 9.53 Å². The van der Waals surface area contributed by atoms with Gasteiger partial charge in [0.15, 0.2) is 5.60 Å². The maximum Gasteiger partial charge on any atom is 0.340 e. The van der Waals surface area contributed by atoms with E-state index in [9.17, 15) is 4.79 Å². The lowest BCUT2D eigenvalue weighted by atomic mass is 9.76. The van der Waals surface area contributed by atoms with Gasteiger partial charge in [-0.05, 0) is 81.3 Å². The van der Waals surface area contributed by atoms with Crippen molar-refractivity contribution in [2.75, 3.05) is 5.73 Å². The van der Waals surface area contributed by atoms with Crippen molar-refractivity contribution in [2.24, 2.45) is 0 Å². The number of nitrogens with two attached hydrogens (primary N) is 1. The van der Waals surface area contributed by atoms with Gasteiger partial charge in [0.1, 0.15) is 0 Å². The van der Waals surface area contributed by atoms with E-state index in [2.05, 4.69) is 115 Å². The highest BCUT2D eigenvalue weighted by atomic mass is 16.6. The van der Waals surface area contributed by atoms with Crippen LogP contribution in [-0.4, -0.2) is 15.1 Å². The first kappa shape index (κ1) is 25.7. The second kappa shape index (κ2) is 8.98. The minimum atomic E-state index is -1.14. The Morgan fingerprint density at radius 3 is 1.65 bits per heavy atom. The number of rotatable bonds is 4. The minimum Gasteiger partial charge on any atom is -0.441 e. The van der Waals surface area contributed by atoms with Crippen LogP contribution in [0, 0.1) is 13.8 Å². The molecule has 8 rings (SSSR count). The van der Waals surface area contributed by atoms with Crippen LogP contribution in [-0.2, 0) is 23.4 Å². The molecule has 0 unspecified atom stereocenters. The molecule has 212 valence electrons. The molecule has 0 aliphatic carbocycles. The molecule has 5 nitrogen and oxygen atoms in total. The molecular weight excluding hydrogens is 530 g/mol. The molecular formula is C38H33N3O2. The van der Waals surface area contributed by atoms with Gasteiger partial charge in [0.25, 0.3) is 0 Å². The van der Waals surface area contributed by atoms with E-state index in [1.807, 2.05) is 6.92 Å². The Labute approximate surface area is 250 Å². The van der Waals surface area contributed by atoms with E-state index in [1.165, 1.54) is 32.8 Å². The number of cyclic esters (lactones) is 1. The number of para-hydroxylation sites is 2. The van der Waals surface area contributed by atoms with E-state index >= 15 is 0 Å². The van der Waals surface area contributed by atoms with Gasteiger partial charge < -0.3 is 19.6 Å². The quantitative estimate of drug-likeness (QED) is 0.172. The van der Waals surface area contributed by atoms with Gasteiger partial charge in [-0.1, -0.05) is 48.5 Å². The maximum atomic E-state index is 13.8. The number of fused-ring (bicyclic) bond motifs is 7. The number of aryl methyl sites for hydroxylation is 2. The molecule has 43 heavy (non-hydrogen) atoms. The second-order valence-electron chi connectivity index (χ2n) is 11.7. The van der Waals surface area contributed by atoms with E-state index in [1.54, 1.807) is 6.07 Å². The first-order valence-electron chi connectivity index (χ1n) is 15.1. The SMILES string of the molecule is CCn1c2ccccc2c2cc(C3(c4ccc5c(c4)c4ccccc4n5CC)OC(=O)c4cc(N)c(C)c(C)c43)ccc21. The lowest BCUT2D eigenvalue weighted by Gasteiger charge is -2.32. The van der Waals surface area contributed by atoms with E-state index in [-0.39, 0.29) is 5.97 Å². The molecule has 0 spiro atoms. The third-order valence-electron chi connectivity index (χ3n) is 9.75.